The standard InChI is InChI=1S/C10H11ClFNO2/c11-6-2-1-3-7(12)10(6)8(14)4-5-9(13)15/h1-3,8,14H,4-5H2,(H2,13,15). The van der Waals surface area contributed by atoms with Gasteiger partial charge in [0.25, 0.3) is 0 Å². The van der Waals surface area contributed by atoms with Crippen LogP contribution < -0.4 is 5.73 Å². The first-order valence-electron chi connectivity index (χ1n) is 4.42. The molecule has 0 saturated carbocycles. The number of primary amides is 1. The number of hydrogen-bond donors (Lipinski definition) is 2. The molecule has 3 nitrogen and oxygen atoms in total. The Hall–Kier alpha value is -1.13. The molecule has 1 aromatic rings. The summed E-state index contributed by atoms with van der Waals surface area (Å²) in [5.74, 6) is -1.12. The fourth-order valence-corrected chi connectivity index (χ4v) is 1.54. The van der Waals surface area contributed by atoms with E-state index in [1.807, 2.05) is 0 Å². The fraction of sp³-hybridized carbons (Fsp3) is 0.300. The predicted molar refractivity (Wildman–Crippen MR) is 54.8 cm³/mol. The molecule has 0 heterocycles. The van der Waals surface area contributed by atoms with Crippen LogP contribution in [-0.4, -0.2) is 11.0 Å². The molecule has 0 saturated heterocycles. The van der Waals surface area contributed by atoms with Gasteiger partial charge in [-0.05, 0) is 18.6 Å². The van der Waals surface area contributed by atoms with Gasteiger partial charge in [0.2, 0.25) is 5.91 Å². The van der Waals surface area contributed by atoms with E-state index in [1.165, 1.54) is 18.2 Å². The van der Waals surface area contributed by atoms with Gasteiger partial charge in [-0.3, -0.25) is 4.79 Å². The average Bonchev–Trinajstić information content (AvgIpc) is 2.14. The lowest BCUT2D eigenvalue weighted by Crippen LogP contribution is -2.12. The molecule has 0 aliphatic heterocycles. The molecule has 0 aliphatic rings. The van der Waals surface area contributed by atoms with Gasteiger partial charge in [-0.1, -0.05) is 17.7 Å². The third-order valence-electron chi connectivity index (χ3n) is 2.00. The van der Waals surface area contributed by atoms with Crippen LogP contribution in [0, 0.1) is 5.82 Å². The molecule has 1 rings (SSSR count). The highest BCUT2D eigenvalue weighted by atomic mass is 35.5. The molecule has 82 valence electrons. The largest absolute Gasteiger partial charge is 0.388 e. The monoisotopic (exact) mass is 231 g/mol. The van der Waals surface area contributed by atoms with Gasteiger partial charge >= 0.3 is 0 Å². The van der Waals surface area contributed by atoms with Crippen molar-refractivity contribution in [3.8, 4) is 0 Å². The van der Waals surface area contributed by atoms with E-state index < -0.39 is 17.8 Å². The Morgan fingerprint density at radius 1 is 1.60 bits per heavy atom. The quantitative estimate of drug-likeness (QED) is 0.830. The van der Waals surface area contributed by atoms with Crippen LogP contribution in [0.5, 0.6) is 0 Å². The molecule has 1 aromatic carbocycles. The van der Waals surface area contributed by atoms with Crippen LogP contribution in [0.4, 0.5) is 4.39 Å². The van der Waals surface area contributed by atoms with Crippen molar-refractivity contribution in [1.82, 2.24) is 0 Å². The van der Waals surface area contributed by atoms with E-state index in [0.29, 0.717) is 0 Å². The number of carbonyl (C=O) groups excluding carboxylic acids is 1. The van der Waals surface area contributed by atoms with Crippen LogP contribution >= 0.6 is 11.6 Å². The van der Waals surface area contributed by atoms with Gasteiger partial charge in [0, 0.05) is 17.0 Å². The summed E-state index contributed by atoms with van der Waals surface area (Å²) in [5, 5.41) is 9.74. The first-order chi connectivity index (χ1) is 7.02. The van der Waals surface area contributed by atoms with Gasteiger partial charge in [-0.25, -0.2) is 4.39 Å². The predicted octanol–water partition coefficient (Wildman–Crippen LogP) is 1.78. The van der Waals surface area contributed by atoms with Gasteiger partial charge in [0.1, 0.15) is 5.82 Å². The van der Waals surface area contributed by atoms with Crippen molar-refractivity contribution in [2.45, 2.75) is 18.9 Å². The summed E-state index contributed by atoms with van der Waals surface area (Å²) in [6, 6.07) is 4.13. The molecule has 5 heteroatoms. The zero-order valence-corrected chi connectivity index (χ0v) is 8.67. The van der Waals surface area contributed by atoms with E-state index in [4.69, 9.17) is 17.3 Å². The third kappa shape index (κ3) is 3.18. The van der Waals surface area contributed by atoms with E-state index in [2.05, 4.69) is 0 Å². The maximum Gasteiger partial charge on any atom is 0.217 e. The summed E-state index contributed by atoms with van der Waals surface area (Å²) in [5.41, 5.74) is 4.93. The summed E-state index contributed by atoms with van der Waals surface area (Å²) in [6.07, 6.45) is -1.05. The second-order valence-corrected chi connectivity index (χ2v) is 3.56. The topological polar surface area (TPSA) is 63.3 Å². The van der Waals surface area contributed by atoms with Gasteiger partial charge < -0.3 is 10.8 Å². The second-order valence-electron chi connectivity index (χ2n) is 3.16. The molecule has 0 radical (unpaired) electrons. The smallest absolute Gasteiger partial charge is 0.217 e. The number of amides is 1. The van der Waals surface area contributed by atoms with Crippen LogP contribution in [0.15, 0.2) is 18.2 Å². The SMILES string of the molecule is NC(=O)CCC(O)c1c(F)cccc1Cl. The molecule has 0 spiro atoms. The highest BCUT2D eigenvalue weighted by Gasteiger charge is 2.16. The summed E-state index contributed by atoms with van der Waals surface area (Å²) < 4.78 is 13.3. The van der Waals surface area contributed by atoms with E-state index in [9.17, 15) is 14.3 Å². The second kappa shape index (κ2) is 5.09. The zero-order chi connectivity index (χ0) is 11.4. The Bertz CT molecular complexity index is 350. The number of aliphatic hydroxyl groups excluding tert-OH is 1. The fourth-order valence-electron chi connectivity index (χ4n) is 1.25. The number of benzene rings is 1. The van der Waals surface area contributed by atoms with E-state index >= 15 is 0 Å². The molecule has 1 atom stereocenters. The Morgan fingerprint density at radius 3 is 2.80 bits per heavy atom. The third-order valence-corrected chi connectivity index (χ3v) is 2.33. The maximum absolute atomic E-state index is 13.3. The molecule has 15 heavy (non-hydrogen) atoms. The lowest BCUT2D eigenvalue weighted by molar-refractivity contribution is -0.118. The lowest BCUT2D eigenvalue weighted by atomic mass is 10.0. The zero-order valence-electron chi connectivity index (χ0n) is 7.91. The van der Waals surface area contributed by atoms with Crippen LogP contribution in [0.3, 0.4) is 0 Å². The lowest BCUT2D eigenvalue weighted by Gasteiger charge is -2.12. The molecule has 0 bridgehead atoms. The van der Waals surface area contributed by atoms with Gasteiger partial charge in [-0.2, -0.15) is 0 Å². The number of nitrogens with two attached hydrogens (primary N) is 1. The summed E-state index contributed by atoms with van der Waals surface area (Å²) in [6.45, 7) is 0. The van der Waals surface area contributed by atoms with Crippen LogP contribution in [0.2, 0.25) is 5.02 Å². The molecular weight excluding hydrogens is 221 g/mol. The molecule has 1 amide bonds. The number of halogens is 2. The molecule has 3 N–H and O–H groups in total. The summed E-state index contributed by atoms with van der Waals surface area (Å²) >= 11 is 5.72. The molecule has 0 aromatic heterocycles. The van der Waals surface area contributed by atoms with E-state index in [1.54, 1.807) is 0 Å². The van der Waals surface area contributed by atoms with Crippen LogP contribution in [0.25, 0.3) is 0 Å². The van der Waals surface area contributed by atoms with Gasteiger partial charge in [0.15, 0.2) is 0 Å². The number of rotatable bonds is 4. The normalized spacial score (nSPS) is 12.5. The molecule has 0 aliphatic carbocycles. The Kier molecular flexibility index (Phi) is 4.05. The van der Waals surface area contributed by atoms with Crippen LogP contribution in [-0.2, 0) is 4.79 Å². The molecule has 1 unspecified atom stereocenters. The Balaban J connectivity index is 2.81. The highest BCUT2D eigenvalue weighted by Crippen LogP contribution is 2.28. The van der Waals surface area contributed by atoms with Crippen molar-refractivity contribution in [1.29, 1.82) is 0 Å². The van der Waals surface area contributed by atoms with Crippen molar-refractivity contribution in [3.63, 3.8) is 0 Å². The maximum atomic E-state index is 13.3. The minimum Gasteiger partial charge on any atom is -0.388 e. The molecule has 0 fully saturated rings. The number of aliphatic hydroxyl groups is 1. The van der Waals surface area contributed by atoms with Crippen LogP contribution in [0.1, 0.15) is 24.5 Å². The minimum atomic E-state index is -1.11. The number of hydrogen-bond acceptors (Lipinski definition) is 2. The highest BCUT2D eigenvalue weighted by molar-refractivity contribution is 6.31. The summed E-state index contributed by atoms with van der Waals surface area (Å²) in [4.78, 5) is 10.5. The van der Waals surface area contributed by atoms with Crippen molar-refractivity contribution in [3.05, 3.63) is 34.6 Å². The van der Waals surface area contributed by atoms with E-state index in [0.717, 1.165) is 0 Å². The average molecular weight is 232 g/mol. The van der Waals surface area contributed by atoms with Gasteiger partial charge in [-0.15, -0.1) is 0 Å². The van der Waals surface area contributed by atoms with Crippen molar-refractivity contribution in [2.24, 2.45) is 5.73 Å². The van der Waals surface area contributed by atoms with Crippen molar-refractivity contribution in [2.75, 3.05) is 0 Å². The van der Waals surface area contributed by atoms with Crippen molar-refractivity contribution >= 4 is 17.5 Å². The minimum absolute atomic E-state index is 0.00811. The van der Waals surface area contributed by atoms with E-state index in [-0.39, 0.29) is 23.4 Å². The number of carbonyl (C=O) groups is 1. The summed E-state index contributed by atoms with van der Waals surface area (Å²) in [7, 11) is 0. The van der Waals surface area contributed by atoms with Gasteiger partial charge in [0.05, 0.1) is 6.10 Å². The first kappa shape index (κ1) is 11.9. The Morgan fingerprint density at radius 2 is 2.27 bits per heavy atom. The molecular formula is C10H11ClFNO2. The van der Waals surface area contributed by atoms with Crippen molar-refractivity contribution < 1.29 is 14.3 Å². The Labute approximate surface area is 91.7 Å². The first-order valence-corrected chi connectivity index (χ1v) is 4.80.